The molecule has 0 saturated carbocycles. The molecule has 6 nitrogen and oxygen atoms in total. The number of nitrogens with one attached hydrogen (secondary N) is 2. The number of rotatable bonds is 4. The first-order valence-corrected chi connectivity index (χ1v) is 6.63. The van der Waals surface area contributed by atoms with Crippen LogP contribution in [0.3, 0.4) is 0 Å². The van der Waals surface area contributed by atoms with E-state index in [2.05, 4.69) is 5.32 Å². The van der Waals surface area contributed by atoms with Crippen LogP contribution < -0.4 is 10.2 Å². The van der Waals surface area contributed by atoms with E-state index >= 15 is 0 Å². The predicted octanol–water partition coefficient (Wildman–Crippen LogP) is -1.52. The average molecular weight is 256 g/mol. The van der Waals surface area contributed by atoms with E-state index in [4.69, 9.17) is 4.74 Å². The van der Waals surface area contributed by atoms with Crippen LogP contribution in [0.15, 0.2) is 0 Å². The zero-order chi connectivity index (χ0) is 13.1. The van der Waals surface area contributed by atoms with Gasteiger partial charge in [-0.3, -0.25) is 9.69 Å². The lowest BCUT2D eigenvalue weighted by molar-refractivity contribution is -0.907. The van der Waals surface area contributed by atoms with E-state index in [1.807, 2.05) is 13.8 Å². The topological polar surface area (TPSA) is 63.1 Å². The summed E-state index contributed by atoms with van der Waals surface area (Å²) in [7, 11) is 0. The van der Waals surface area contributed by atoms with Crippen LogP contribution in [-0.2, 0) is 9.53 Å². The van der Waals surface area contributed by atoms with Gasteiger partial charge in [-0.25, -0.2) is 4.79 Å². The molecule has 6 heteroatoms. The number of imide groups is 1. The summed E-state index contributed by atoms with van der Waals surface area (Å²) in [6, 6.07) is -0.594. The second-order valence-electron chi connectivity index (χ2n) is 5.27. The summed E-state index contributed by atoms with van der Waals surface area (Å²) in [6.07, 6.45) is 0. The van der Waals surface area contributed by atoms with Crippen molar-refractivity contribution in [2.45, 2.75) is 19.9 Å². The van der Waals surface area contributed by atoms with Gasteiger partial charge in [-0.1, -0.05) is 13.8 Å². The van der Waals surface area contributed by atoms with Gasteiger partial charge in [-0.05, 0) is 5.92 Å². The summed E-state index contributed by atoms with van der Waals surface area (Å²) >= 11 is 0. The van der Waals surface area contributed by atoms with Crippen LogP contribution in [0.25, 0.3) is 0 Å². The van der Waals surface area contributed by atoms with E-state index < -0.39 is 0 Å². The van der Waals surface area contributed by atoms with Crippen molar-refractivity contribution in [1.82, 2.24) is 10.2 Å². The fraction of sp³-hybridized carbons (Fsp3) is 0.833. The van der Waals surface area contributed by atoms with Gasteiger partial charge in [0.25, 0.3) is 5.91 Å². The number of urea groups is 1. The van der Waals surface area contributed by atoms with Gasteiger partial charge in [0.1, 0.15) is 19.1 Å². The first-order chi connectivity index (χ1) is 8.59. The molecule has 2 aliphatic rings. The second-order valence-corrected chi connectivity index (χ2v) is 5.27. The van der Waals surface area contributed by atoms with E-state index in [9.17, 15) is 9.59 Å². The van der Waals surface area contributed by atoms with Gasteiger partial charge < -0.3 is 15.0 Å². The van der Waals surface area contributed by atoms with Crippen LogP contribution in [-0.4, -0.2) is 62.3 Å². The summed E-state index contributed by atoms with van der Waals surface area (Å²) in [5, 5.41) is 2.74. The summed E-state index contributed by atoms with van der Waals surface area (Å²) in [5.41, 5.74) is 0. The van der Waals surface area contributed by atoms with Gasteiger partial charge in [-0.15, -0.1) is 0 Å². The number of nitrogens with zero attached hydrogens (tertiary/aromatic N) is 1. The third-order valence-electron chi connectivity index (χ3n) is 3.61. The summed E-state index contributed by atoms with van der Waals surface area (Å²) < 4.78 is 5.28. The van der Waals surface area contributed by atoms with Crippen LogP contribution in [0, 0.1) is 5.92 Å². The van der Waals surface area contributed by atoms with E-state index in [1.165, 1.54) is 9.80 Å². The van der Waals surface area contributed by atoms with E-state index in [1.54, 1.807) is 0 Å². The molecule has 0 aromatic heterocycles. The highest BCUT2D eigenvalue weighted by Crippen LogP contribution is 2.12. The van der Waals surface area contributed by atoms with E-state index in [0.717, 1.165) is 32.8 Å². The molecule has 18 heavy (non-hydrogen) atoms. The number of hydrogen-bond donors (Lipinski definition) is 2. The number of carbonyl (C=O) groups excluding carboxylic acids is 2. The second kappa shape index (κ2) is 5.67. The van der Waals surface area contributed by atoms with Crippen molar-refractivity contribution >= 4 is 11.9 Å². The minimum atomic E-state index is -0.350. The fourth-order valence-corrected chi connectivity index (χ4v) is 2.38. The maximum atomic E-state index is 12.0. The Balaban J connectivity index is 1.85. The minimum absolute atomic E-state index is 0.0809. The van der Waals surface area contributed by atoms with E-state index in [0.29, 0.717) is 6.54 Å². The SMILES string of the molecule is CC(C)[C@@H]1NC(=O)N(CC[NH+]2CCOCC2)C1=O. The van der Waals surface area contributed by atoms with Gasteiger partial charge in [0.15, 0.2) is 0 Å². The molecule has 2 fully saturated rings. The smallest absolute Gasteiger partial charge is 0.325 e. The highest BCUT2D eigenvalue weighted by atomic mass is 16.5. The molecule has 2 rings (SSSR count). The Kier molecular flexibility index (Phi) is 4.19. The van der Waals surface area contributed by atoms with Gasteiger partial charge in [0.2, 0.25) is 0 Å². The summed E-state index contributed by atoms with van der Waals surface area (Å²) in [6.45, 7) is 8.65. The Morgan fingerprint density at radius 2 is 2.06 bits per heavy atom. The molecule has 0 unspecified atom stereocenters. The molecule has 0 bridgehead atoms. The monoisotopic (exact) mass is 256 g/mol. The Morgan fingerprint density at radius 1 is 1.39 bits per heavy atom. The maximum Gasteiger partial charge on any atom is 0.325 e. The lowest BCUT2D eigenvalue weighted by Gasteiger charge is -2.25. The zero-order valence-electron chi connectivity index (χ0n) is 11.1. The zero-order valence-corrected chi connectivity index (χ0v) is 11.1. The quantitative estimate of drug-likeness (QED) is 0.600. The Labute approximate surface area is 107 Å². The normalized spacial score (nSPS) is 25.9. The first kappa shape index (κ1) is 13.3. The molecular weight excluding hydrogens is 234 g/mol. The highest BCUT2D eigenvalue weighted by molar-refractivity contribution is 6.04. The molecule has 2 N–H and O–H groups in total. The molecule has 3 amide bonds. The summed E-state index contributed by atoms with van der Waals surface area (Å²) in [5.74, 6) is 0.0600. The van der Waals surface area contributed by atoms with Crippen LogP contribution in [0.4, 0.5) is 4.79 Å². The number of quaternary nitrogens is 1. The van der Waals surface area contributed by atoms with Gasteiger partial charge >= 0.3 is 6.03 Å². The van der Waals surface area contributed by atoms with Gasteiger partial charge in [-0.2, -0.15) is 0 Å². The van der Waals surface area contributed by atoms with Gasteiger partial charge in [0, 0.05) is 0 Å². The third kappa shape index (κ3) is 2.81. The molecule has 2 saturated heterocycles. The molecule has 0 aromatic carbocycles. The molecule has 102 valence electrons. The largest absolute Gasteiger partial charge is 0.370 e. The fourth-order valence-electron chi connectivity index (χ4n) is 2.38. The van der Waals surface area contributed by atoms with Crippen molar-refractivity contribution in [3.8, 4) is 0 Å². The van der Waals surface area contributed by atoms with Crippen LogP contribution in [0.5, 0.6) is 0 Å². The molecule has 2 aliphatic heterocycles. The van der Waals surface area contributed by atoms with Crippen molar-refractivity contribution in [3.05, 3.63) is 0 Å². The third-order valence-corrected chi connectivity index (χ3v) is 3.61. The lowest BCUT2D eigenvalue weighted by atomic mass is 10.1. The summed E-state index contributed by atoms with van der Waals surface area (Å²) in [4.78, 5) is 26.5. The maximum absolute atomic E-state index is 12.0. The number of carbonyl (C=O) groups is 2. The van der Waals surface area contributed by atoms with Crippen molar-refractivity contribution in [2.24, 2.45) is 5.92 Å². The lowest BCUT2D eigenvalue weighted by Crippen LogP contribution is -3.14. The van der Waals surface area contributed by atoms with Crippen LogP contribution in [0.2, 0.25) is 0 Å². The number of amides is 3. The molecule has 0 spiro atoms. The first-order valence-electron chi connectivity index (χ1n) is 6.63. The van der Waals surface area contributed by atoms with Crippen molar-refractivity contribution < 1.29 is 19.2 Å². The standard InChI is InChI=1S/C12H21N3O3/c1-9(2)10-11(16)15(12(17)13-10)4-3-14-5-7-18-8-6-14/h9-10H,3-8H2,1-2H3,(H,13,17)/p+1/t10-/m0/s1. The Bertz CT molecular complexity index is 327. The molecule has 0 radical (unpaired) electrons. The van der Waals surface area contributed by atoms with Crippen molar-refractivity contribution in [1.29, 1.82) is 0 Å². The van der Waals surface area contributed by atoms with E-state index in [-0.39, 0.29) is 23.9 Å². The Morgan fingerprint density at radius 3 is 2.61 bits per heavy atom. The van der Waals surface area contributed by atoms with Crippen LogP contribution in [0.1, 0.15) is 13.8 Å². The average Bonchev–Trinajstić information content (AvgIpc) is 2.64. The van der Waals surface area contributed by atoms with Crippen molar-refractivity contribution in [2.75, 3.05) is 39.4 Å². The predicted molar refractivity (Wildman–Crippen MR) is 65.3 cm³/mol. The molecule has 0 aromatic rings. The Hall–Kier alpha value is -1.14. The van der Waals surface area contributed by atoms with Crippen LogP contribution >= 0.6 is 0 Å². The molecule has 1 atom stereocenters. The molecule has 0 aliphatic carbocycles. The number of hydrogen-bond acceptors (Lipinski definition) is 3. The van der Waals surface area contributed by atoms with Gasteiger partial charge in [0.05, 0.1) is 26.3 Å². The highest BCUT2D eigenvalue weighted by Gasteiger charge is 2.39. The van der Waals surface area contributed by atoms with Crippen molar-refractivity contribution in [3.63, 3.8) is 0 Å². The molecular formula is C12H22N3O3+. The number of morpholine rings is 1. The minimum Gasteiger partial charge on any atom is -0.370 e. The molecule has 2 heterocycles. The number of ether oxygens (including phenoxy) is 1.